The number of hydrogen-bond acceptors (Lipinski definition) is 6. The largest absolute Gasteiger partial charge is 0.394 e. The smallest absolute Gasteiger partial charge is 0.256 e. The van der Waals surface area contributed by atoms with Gasteiger partial charge in [-0.2, -0.15) is 9.40 Å². The average molecular weight is 468 g/mol. The first-order valence-electron chi connectivity index (χ1n) is 10.9. The Balaban J connectivity index is 1.28. The van der Waals surface area contributed by atoms with E-state index in [1.807, 2.05) is 12.1 Å². The molecule has 33 heavy (non-hydrogen) atoms. The van der Waals surface area contributed by atoms with Crippen molar-refractivity contribution in [1.82, 2.24) is 14.5 Å². The standard InChI is InChI=1S/C23H25N5O4S/c29-15-18-5-4-12-28(18)17-10-8-16(9-11-17)23(30)24-22-20-13-27(14-21(20)25-26-22)33(31,32)19-6-2-1-3-7-19/h1-3,6-11,18,29H,4-5,12-15H2,(H2,24,25,26,30)/t18-/m0/s1. The second-order valence-electron chi connectivity index (χ2n) is 8.29. The Morgan fingerprint density at radius 2 is 1.88 bits per heavy atom. The quantitative estimate of drug-likeness (QED) is 0.512. The maximum Gasteiger partial charge on any atom is 0.256 e. The number of aliphatic hydroxyl groups is 1. The van der Waals surface area contributed by atoms with Crippen LogP contribution in [0, 0.1) is 0 Å². The van der Waals surface area contributed by atoms with Gasteiger partial charge in [-0.1, -0.05) is 18.2 Å². The summed E-state index contributed by atoms with van der Waals surface area (Å²) < 4.78 is 27.2. The van der Waals surface area contributed by atoms with E-state index in [4.69, 9.17) is 0 Å². The van der Waals surface area contributed by atoms with Crippen LogP contribution in [0.5, 0.6) is 0 Å². The zero-order valence-electron chi connectivity index (χ0n) is 17.9. The maximum absolute atomic E-state index is 12.9. The summed E-state index contributed by atoms with van der Waals surface area (Å²) in [4.78, 5) is 15.2. The molecule has 1 fully saturated rings. The predicted octanol–water partition coefficient (Wildman–Crippen LogP) is 2.33. The van der Waals surface area contributed by atoms with E-state index in [1.165, 1.54) is 4.31 Å². The third kappa shape index (κ3) is 4.01. The Labute approximate surface area is 192 Å². The van der Waals surface area contributed by atoms with E-state index in [0.29, 0.717) is 22.6 Å². The van der Waals surface area contributed by atoms with E-state index >= 15 is 0 Å². The molecule has 2 aliphatic rings. The summed E-state index contributed by atoms with van der Waals surface area (Å²) in [7, 11) is -3.64. The van der Waals surface area contributed by atoms with Crippen molar-refractivity contribution in [3.8, 4) is 0 Å². The lowest BCUT2D eigenvalue weighted by Gasteiger charge is -2.25. The summed E-state index contributed by atoms with van der Waals surface area (Å²) in [5.41, 5.74) is 2.79. The van der Waals surface area contributed by atoms with Crippen LogP contribution in [0.25, 0.3) is 0 Å². The topological polar surface area (TPSA) is 119 Å². The van der Waals surface area contributed by atoms with Crippen molar-refractivity contribution in [3.05, 3.63) is 71.4 Å². The molecule has 9 nitrogen and oxygen atoms in total. The van der Waals surface area contributed by atoms with Crippen molar-refractivity contribution in [1.29, 1.82) is 0 Å². The monoisotopic (exact) mass is 467 g/mol. The van der Waals surface area contributed by atoms with Gasteiger partial charge < -0.3 is 15.3 Å². The first-order valence-corrected chi connectivity index (χ1v) is 12.3. The molecule has 2 aliphatic heterocycles. The van der Waals surface area contributed by atoms with E-state index < -0.39 is 10.0 Å². The molecule has 1 amide bonds. The molecule has 0 saturated carbocycles. The van der Waals surface area contributed by atoms with Crippen LogP contribution in [0.15, 0.2) is 59.5 Å². The molecule has 0 spiro atoms. The Kier molecular flexibility index (Phi) is 5.65. The van der Waals surface area contributed by atoms with Crippen molar-refractivity contribution in [2.24, 2.45) is 0 Å². The second kappa shape index (κ2) is 8.62. The van der Waals surface area contributed by atoms with Crippen LogP contribution in [0.3, 0.4) is 0 Å². The van der Waals surface area contributed by atoms with Gasteiger partial charge in [-0.15, -0.1) is 0 Å². The van der Waals surface area contributed by atoms with Gasteiger partial charge in [-0.25, -0.2) is 8.42 Å². The lowest BCUT2D eigenvalue weighted by molar-refractivity contribution is 0.102. The molecule has 10 heteroatoms. The van der Waals surface area contributed by atoms with Gasteiger partial charge >= 0.3 is 0 Å². The molecule has 2 aromatic carbocycles. The summed E-state index contributed by atoms with van der Waals surface area (Å²) in [5.74, 6) is 0.0186. The first kappa shape index (κ1) is 21.6. The highest BCUT2D eigenvalue weighted by Crippen LogP contribution is 2.32. The van der Waals surface area contributed by atoms with E-state index in [-0.39, 0.29) is 36.5 Å². The minimum absolute atomic E-state index is 0.115. The molecule has 1 atom stereocenters. The number of nitrogens with one attached hydrogen (secondary N) is 2. The van der Waals surface area contributed by atoms with Gasteiger partial charge in [0.05, 0.1) is 29.8 Å². The van der Waals surface area contributed by atoms with Crippen LogP contribution in [0.2, 0.25) is 0 Å². The van der Waals surface area contributed by atoms with Gasteiger partial charge in [0.2, 0.25) is 10.0 Å². The van der Waals surface area contributed by atoms with E-state index in [2.05, 4.69) is 20.4 Å². The highest BCUT2D eigenvalue weighted by Gasteiger charge is 2.34. The molecular formula is C23H25N5O4S. The molecule has 0 radical (unpaired) electrons. The second-order valence-corrected chi connectivity index (χ2v) is 10.2. The number of carbonyl (C=O) groups is 1. The fraction of sp³-hybridized carbons (Fsp3) is 0.304. The van der Waals surface area contributed by atoms with Gasteiger partial charge in [-0.3, -0.25) is 9.89 Å². The average Bonchev–Trinajstić information content (AvgIpc) is 3.57. The number of aromatic nitrogens is 2. The molecular weight excluding hydrogens is 442 g/mol. The Morgan fingerprint density at radius 3 is 2.61 bits per heavy atom. The lowest BCUT2D eigenvalue weighted by atomic mass is 10.1. The normalized spacial score (nSPS) is 18.5. The zero-order valence-corrected chi connectivity index (χ0v) is 18.8. The molecule has 5 rings (SSSR count). The van der Waals surface area contributed by atoms with Crippen molar-refractivity contribution in [3.63, 3.8) is 0 Å². The number of anilines is 2. The summed E-state index contributed by atoms with van der Waals surface area (Å²) in [5, 5.41) is 19.4. The number of fused-ring (bicyclic) bond motifs is 1. The van der Waals surface area contributed by atoms with Crippen LogP contribution in [0.4, 0.5) is 11.5 Å². The van der Waals surface area contributed by atoms with Crippen LogP contribution >= 0.6 is 0 Å². The number of benzene rings is 2. The number of H-pyrrole nitrogens is 1. The molecule has 1 saturated heterocycles. The first-order chi connectivity index (χ1) is 16.0. The molecule has 3 aromatic rings. The Hall–Kier alpha value is -3.21. The molecule has 1 aromatic heterocycles. The predicted molar refractivity (Wildman–Crippen MR) is 123 cm³/mol. The van der Waals surface area contributed by atoms with Crippen molar-refractivity contribution in [2.75, 3.05) is 23.4 Å². The number of hydrogen-bond donors (Lipinski definition) is 3. The number of nitrogens with zero attached hydrogens (tertiary/aromatic N) is 3. The van der Waals surface area contributed by atoms with Crippen LogP contribution in [-0.2, 0) is 23.1 Å². The molecule has 0 unspecified atom stereocenters. The highest BCUT2D eigenvalue weighted by molar-refractivity contribution is 7.89. The van der Waals surface area contributed by atoms with Crippen LogP contribution < -0.4 is 10.2 Å². The summed E-state index contributed by atoms with van der Waals surface area (Å²) in [6, 6.07) is 15.7. The van der Waals surface area contributed by atoms with Gasteiger partial charge in [0.15, 0.2) is 5.82 Å². The fourth-order valence-electron chi connectivity index (χ4n) is 4.48. The fourth-order valence-corrected chi connectivity index (χ4v) is 5.87. The molecule has 172 valence electrons. The molecule has 3 N–H and O–H groups in total. The highest BCUT2D eigenvalue weighted by atomic mass is 32.2. The Morgan fingerprint density at radius 1 is 1.12 bits per heavy atom. The molecule has 0 aliphatic carbocycles. The lowest BCUT2D eigenvalue weighted by Crippen LogP contribution is -2.31. The number of aliphatic hydroxyl groups excluding tert-OH is 1. The number of aromatic amines is 1. The third-order valence-corrected chi connectivity index (χ3v) is 8.09. The van der Waals surface area contributed by atoms with Gasteiger partial charge in [0.1, 0.15) is 0 Å². The van der Waals surface area contributed by atoms with E-state index in [1.54, 1.807) is 42.5 Å². The number of amides is 1. The van der Waals surface area contributed by atoms with Crippen molar-refractivity contribution >= 4 is 27.4 Å². The van der Waals surface area contributed by atoms with Crippen LogP contribution in [-0.4, -0.2) is 53.1 Å². The summed E-state index contributed by atoms with van der Waals surface area (Å²) in [6.07, 6.45) is 1.99. The summed E-state index contributed by atoms with van der Waals surface area (Å²) in [6.45, 7) is 1.31. The number of carbonyl (C=O) groups excluding carboxylic acids is 1. The summed E-state index contributed by atoms with van der Waals surface area (Å²) >= 11 is 0. The Bertz CT molecular complexity index is 1260. The number of sulfonamides is 1. The van der Waals surface area contributed by atoms with Gasteiger partial charge in [0, 0.05) is 29.9 Å². The minimum atomic E-state index is -3.64. The van der Waals surface area contributed by atoms with E-state index in [9.17, 15) is 18.3 Å². The van der Waals surface area contributed by atoms with E-state index in [0.717, 1.165) is 25.1 Å². The molecule has 0 bridgehead atoms. The SMILES string of the molecule is O=C(Nc1n[nH]c2c1CN(S(=O)(=O)c1ccccc1)C2)c1ccc(N2CCC[C@H]2CO)cc1. The molecule has 3 heterocycles. The third-order valence-electron chi connectivity index (χ3n) is 6.28. The van der Waals surface area contributed by atoms with Crippen molar-refractivity contribution < 1.29 is 18.3 Å². The van der Waals surface area contributed by atoms with Crippen molar-refractivity contribution in [2.45, 2.75) is 36.9 Å². The number of rotatable bonds is 6. The maximum atomic E-state index is 12.9. The van der Waals surface area contributed by atoms with Gasteiger partial charge in [0.25, 0.3) is 5.91 Å². The van der Waals surface area contributed by atoms with Crippen LogP contribution in [0.1, 0.15) is 34.5 Å². The zero-order chi connectivity index (χ0) is 23.0. The van der Waals surface area contributed by atoms with Gasteiger partial charge in [-0.05, 0) is 49.2 Å². The minimum Gasteiger partial charge on any atom is -0.394 e.